The molecule has 0 bridgehead atoms. The van der Waals surface area contributed by atoms with Crippen LogP contribution in [-0.2, 0) is 12.0 Å². The van der Waals surface area contributed by atoms with Crippen LogP contribution in [0.15, 0.2) is 47.2 Å². The Balaban J connectivity index is 1.27. The van der Waals surface area contributed by atoms with Gasteiger partial charge in [-0.1, -0.05) is 44.1 Å². The monoisotopic (exact) mass is 523 g/mol. The summed E-state index contributed by atoms with van der Waals surface area (Å²) in [5.41, 5.74) is 6.94. The van der Waals surface area contributed by atoms with Gasteiger partial charge in [0.25, 0.3) is 0 Å². The van der Waals surface area contributed by atoms with Crippen molar-refractivity contribution in [3.63, 3.8) is 0 Å². The summed E-state index contributed by atoms with van der Waals surface area (Å²) in [5.74, 6) is 0.658. The number of carbonyl (C=O) groups is 1. The molecule has 0 atom stereocenters. The van der Waals surface area contributed by atoms with Crippen LogP contribution in [0.2, 0.25) is 0 Å². The first-order valence-corrected chi connectivity index (χ1v) is 13.5. The summed E-state index contributed by atoms with van der Waals surface area (Å²) in [4.78, 5) is 29.6. The third-order valence-electron chi connectivity index (χ3n) is 7.57. The Morgan fingerprint density at radius 2 is 1.92 bits per heavy atom. The number of fused-ring (bicyclic) bond motifs is 3. The van der Waals surface area contributed by atoms with Gasteiger partial charge in [-0.15, -0.1) is 0 Å². The molecule has 3 aromatic heterocycles. The summed E-state index contributed by atoms with van der Waals surface area (Å²) in [6.07, 6.45) is 3.91. The molecule has 0 unspecified atom stereocenters. The standard InChI is InChI=1S/C30H33N7O2/c1-17-13-20(5-6-21(17)15-32-27(38)28-36-29(37-39-28)30(2,3)4)25-24-22-14-19(18-9-11-31-12-10-18)7-8-23(22)35-26(24)34-16-33-25/h5-8,13-14,16,18,31H,9-12,15H2,1-4H3,(H,32,38)(H,33,34,35). The van der Waals surface area contributed by atoms with Crippen molar-refractivity contribution < 1.29 is 9.32 Å². The molecule has 0 radical (unpaired) electrons. The molecule has 3 N–H and O–H groups in total. The lowest BCUT2D eigenvalue weighted by Gasteiger charge is -2.23. The number of aromatic nitrogens is 5. The Morgan fingerprint density at radius 1 is 1.10 bits per heavy atom. The van der Waals surface area contributed by atoms with E-state index in [0.29, 0.717) is 18.3 Å². The van der Waals surface area contributed by atoms with E-state index in [9.17, 15) is 4.79 Å². The summed E-state index contributed by atoms with van der Waals surface area (Å²) in [5, 5.41) is 12.5. The number of nitrogens with zero attached hydrogens (tertiary/aromatic N) is 4. The molecule has 39 heavy (non-hydrogen) atoms. The molecule has 4 heterocycles. The number of piperidine rings is 1. The highest BCUT2D eigenvalue weighted by Gasteiger charge is 2.24. The molecule has 1 amide bonds. The first-order valence-electron chi connectivity index (χ1n) is 13.5. The van der Waals surface area contributed by atoms with Crippen molar-refractivity contribution in [1.29, 1.82) is 0 Å². The molecule has 2 aromatic carbocycles. The fraction of sp³-hybridized carbons (Fsp3) is 0.367. The van der Waals surface area contributed by atoms with Crippen molar-refractivity contribution in [3.8, 4) is 11.3 Å². The molecule has 9 heteroatoms. The minimum Gasteiger partial charge on any atom is -0.344 e. The van der Waals surface area contributed by atoms with Gasteiger partial charge in [0.15, 0.2) is 5.82 Å². The summed E-state index contributed by atoms with van der Waals surface area (Å²) in [6.45, 7) is 10.4. The van der Waals surface area contributed by atoms with Gasteiger partial charge in [0.1, 0.15) is 12.0 Å². The zero-order valence-corrected chi connectivity index (χ0v) is 22.8. The lowest BCUT2D eigenvalue weighted by Crippen LogP contribution is -2.26. The minimum atomic E-state index is -0.387. The van der Waals surface area contributed by atoms with Gasteiger partial charge in [-0.25, -0.2) is 9.97 Å². The number of H-pyrrole nitrogens is 1. The van der Waals surface area contributed by atoms with Crippen LogP contribution in [0.1, 0.15) is 72.7 Å². The number of rotatable bonds is 5. The smallest absolute Gasteiger partial charge is 0.315 e. The normalized spacial score (nSPS) is 14.8. The van der Waals surface area contributed by atoms with Crippen LogP contribution in [0.5, 0.6) is 0 Å². The Kier molecular flexibility index (Phi) is 6.38. The Hall–Kier alpha value is -4.11. The number of carbonyl (C=O) groups excluding carboxylic acids is 1. The maximum atomic E-state index is 12.6. The highest BCUT2D eigenvalue weighted by molar-refractivity contribution is 6.12. The van der Waals surface area contributed by atoms with Gasteiger partial charge in [0, 0.05) is 28.4 Å². The highest BCUT2D eigenvalue weighted by atomic mass is 16.5. The van der Waals surface area contributed by atoms with Crippen molar-refractivity contribution in [2.45, 2.75) is 58.4 Å². The molecule has 6 rings (SSSR count). The molecule has 0 spiro atoms. The summed E-state index contributed by atoms with van der Waals surface area (Å²) in [7, 11) is 0. The number of aryl methyl sites for hydroxylation is 1. The third-order valence-corrected chi connectivity index (χ3v) is 7.57. The molecule has 1 aliphatic rings. The predicted molar refractivity (Wildman–Crippen MR) is 151 cm³/mol. The Labute approximate surface area is 226 Å². The Bertz CT molecular complexity index is 1670. The average Bonchev–Trinajstić information content (AvgIpc) is 3.58. The van der Waals surface area contributed by atoms with Gasteiger partial charge < -0.3 is 20.1 Å². The Morgan fingerprint density at radius 3 is 2.67 bits per heavy atom. The summed E-state index contributed by atoms with van der Waals surface area (Å²) in [6, 6.07) is 12.9. The number of hydrogen-bond acceptors (Lipinski definition) is 7. The number of aromatic amines is 1. The highest BCUT2D eigenvalue weighted by Crippen LogP contribution is 2.35. The first kappa shape index (κ1) is 25.2. The molecule has 1 aliphatic heterocycles. The van der Waals surface area contributed by atoms with E-state index in [1.54, 1.807) is 6.33 Å². The van der Waals surface area contributed by atoms with Crippen molar-refractivity contribution in [2.75, 3.05) is 13.1 Å². The number of hydrogen-bond donors (Lipinski definition) is 3. The van der Waals surface area contributed by atoms with Crippen LogP contribution in [0.4, 0.5) is 0 Å². The van der Waals surface area contributed by atoms with Crippen molar-refractivity contribution >= 4 is 27.8 Å². The van der Waals surface area contributed by atoms with Crippen LogP contribution in [0.25, 0.3) is 33.2 Å². The maximum Gasteiger partial charge on any atom is 0.315 e. The lowest BCUT2D eigenvalue weighted by atomic mass is 9.89. The first-order chi connectivity index (χ1) is 18.8. The van der Waals surface area contributed by atoms with Crippen molar-refractivity contribution in [1.82, 2.24) is 35.7 Å². The molecular formula is C30H33N7O2. The van der Waals surface area contributed by atoms with Gasteiger partial charge in [0.2, 0.25) is 0 Å². The van der Waals surface area contributed by atoms with Gasteiger partial charge >= 0.3 is 11.8 Å². The molecular weight excluding hydrogens is 490 g/mol. The molecule has 200 valence electrons. The van der Waals surface area contributed by atoms with Crippen molar-refractivity contribution in [2.24, 2.45) is 0 Å². The molecule has 9 nitrogen and oxygen atoms in total. The zero-order valence-electron chi connectivity index (χ0n) is 22.8. The van der Waals surface area contributed by atoms with E-state index in [1.165, 1.54) is 5.56 Å². The minimum absolute atomic E-state index is 0.0271. The van der Waals surface area contributed by atoms with Crippen molar-refractivity contribution in [3.05, 3.63) is 71.1 Å². The largest absolute Gasteiger partial charge is 0.344 e. The topological polar surface area (TPSA) is 122 Å². The second kappa shape index (κ2) is 9.89. The lowest BCUT2D eigenvalue weighted by molar-refractivity contribution is 0.0907. The molecule has 1 fully saturated rings. The van der Waals surface area contributed by atoms with Gasteiger partial charge in [0.05, 0.1) is 11.1 Å². The van der Waals surface area contributed by atoms with Gasteiger partial charge in [-0.2, -0.15) is 4.98 Å². The third kappa shape index (κ3) is 4.90. The summed E-state index contributed by atoms with van der Waals surface area (Å²) < 4.78 is 5.17. The van der Waals surface area contributed by atoms with Crippen LogP contribution >= 0.6 is 0 Å². The number of amides is 1. The molecule has 0 saturated carbocycles. The van der Waals surface area contributed by atoms with Crippen LogP contribution in [-0.4, -0.2) is 44.1 Å². The van der Waals surface area contributed by atoms with E-state index in [1.807, 2.05) is 33.8 Å². The van der Waals surface area contributed by atoms with Crippen LogP contribution < -0.4 is 10.6 Å². The van der Waals surface area contributed by atoms with E-state index >= 15 is 0 Å². The fourth-order valence-electron chi connectivity index (χ4n) is 5.28. The second-order valence-corrected chi connectivity index (χ2v) is 11.4. The average molecular weight is 524 g/mol. The van der Waals surface area contributed by atoms with E-state index in [4.69, 9.17) is 9.51 Å². The van der Waals surface area contributed by atoms with E-state index in [0.717, 1.165) is 70.3 Å². The number of benzene rings is 2. The maximum absolute atomic E-state index is 12.6. The zero-order chi connectivity index (χ0) is 27.1. The van der Waals surface area contributed by atoms with Crippen LogP contribution in [0.3, 0.4) is 0 Å². The number of nitrogens with one attached hydrogen (secondary N) is 3. The quantitative estimate of drug-likeness (QED) is 0.291. The molecule has 5 aromatic rings. The van der Waals surface area contributed by atoms with E-state index < -0.39 is 0 Å². The van der Waals surface area contributed by atoms with E-state index in [2.05, 4.69) is 61.1 Å². The summed E-state index contributed by atoms with van der Waals surface area (Å²) >= 11 is 0. The SMILES string of the molecule is Cc1cc(-c2ncnc3[nH]c4ccc(C5CCNCC5)cc4c23)ccc1CNC(=O)c1nc(C(C)(C)C)no1. The predicted octanol–water partition coefficient (Wildman–Crippen LogP) is 5.16. The second-order valence-electron chi connectivity index (χ2n) is 11.4. The molecule has 0 aliphatic carbocycles. The van der Waals surface area contributed by atoms with E-state index in [-0.39, 0.29) is 17.2 Å². The van der Waals surface area contributed by atoms with Crippen LogP contribution in [0, 0.1) is 6.92 Å². The van der Waals surface area contributed by atoms with Gasteiger partial charge in [-0.05, 0) is 73.7 Å². The van der Waals surface area contributed by atoms with Gasteiger partial charge in [-0.3, -0.25) is 4.79 Å². The molecule has 1 saturated heterocycles. The fourth-order valence-corrected chi connectivity index (χ4v) is 5.28.